The fraction of sp³-hybridized carbons (Fsp3) is 0.875. The lowest BCUT2D eigenvalue weighted by molar-refractivity contribution is -0.107. The maximum Gasteiger partial charge on any atom is 0.145 e. The van der Waals surface area contributed by atoms with Crippen LogP contribution in [0.15, 0.2) is 0 Å². The highest BCUT2D eigenvalue weighted by atomic mass is 32.2. The largest absolute Gasteiger partial charge is 0.301 e. The van der Waals surface area contributed by atoms with Crippen LogP contribution >= 0.6 is 23.5 Å². The molecule has 1 rings (SSSR count). The van der Waals surface area contributed by atoms with Crippen LogP contribution in [0.2, 0.25) is 0 Å². The van der Waals surface area contributed by atoms with Gasteiger partial charge in [0.05, 0.1) is 0 Å². The average molecular weight is 190 g/mol. The van der Waals surface area contributed by atoms with E-state index in [2.05, 4.69) is 13.8 Å². The van der Waals surface area contributed by atoms with Crippen LogP contribution in [0.5, 0.6) is 0 Å². The summed E-state index contributed by atoms with van der Waals surface area (Å²) in [7, 11) is 0. The molecule has 0 saturated carbocycles. The van der Waals surface area contributed by atoms with Gasteiger partial charge in [-0.05, 0) is 13.3 Å². The Hall–Kier alpha value is 0.370. The van der Waals surface area contributed by atoms with E-state index in [9.17, 15) is 4.79 Å². The third-order valence-corrected chi connectivity index (χ3v) is 4.64. The van der Waals surface area contributed by atoms with Gasteiger partial charge in [-0.15, -0.1) is 23.5 Å². The quantitative estimate of drug-likeness (QED) is 0.592. The topological polar surface area (TPSA) is 17.1 Å². The lowest BCUT2D eigenvalue weighted by atomic mass is 10.3. The Labute approximate surface area is 76.7 Å². The van der Waals surface area contributed by atoms with Crippen molar-refractivity contribution in [2.75, 3.05) is 0 Å². The Bertz CT molecular complexity index is 148. The molecule has 64 valence electrons. The monoisotopic (exact) mass is 190 g/mol. The molecule has 1 saturated heterocycles. The number of hydrogen-bond donors (Lipinski definition) is 0. The minimum atomic E-state index is -0.183. The number of carbonyl (C=O) groups excluding carboxylic acids is 1. The van der Waals surface area contributed by atoms with Gasteiger partial charge >= 0.3 is 0 Å². The predicted octanol–water partition coefficient (Wildman–Crippen LogP) is 2.55. The molecule has 1 fully saturated rings. The fourth-order valence-electron chi connectivity index (χ4n) is 1.45. The molecular weight excluding hydrogens is 176 g/mol. The predicted molar refractivity (Wildman–Crippen MR) is 53.2 cm³/mol. The minimum Gasteiger partial charge on any atom is -0.301 e. The van der Waals surface area contributed by atoms with Crippen LogP contribution in [0.1, 0.15) is 27.2 Å². The number of aldehydes is 1. The molecule has 1 aliphatic rings. The maximum absolute atomic E-state index is 10.7. The summed E-state index contributed by atoms with van der Waals surface area (Å²) in [5, 5.41) is 1.25. The lowest BCUT2D eigenvalue weighted by Gasteiger charge is -2.35. The van der Waals surface area contributed by atoms with Gasteiger partial charge in [-0.2, -0.15) is 0 Å². The van der Waals surface area contributed by atoms with Crippen LogP contribution in [-0.4, -0.2) is 20.9 Å². The van der Waals surface area contributed by atoms with Gasteiger partial charge in [-0.1, -0.05) is 13.8 Å². The van der Waals surface area contributed by atoms with Crippen molar-refractivity contribution in [2.24, 2.45) is 0 Å². The van der Waals surface area contributed by atoms with Crippen molar-refractivity contribution in [3.05, 3.63) is 0 Å². The van der Waals surface area contributed by atoms with Crippen LogP contribution in [0.4, 0.5) is 0 Å². The van der Waals surface area contributed by atoms with Crippen LogP contribution in [0.25, 0.3) is 0 Å². The van der Waals surface area contributed by atoms with Crippen LogP contribution in [0.3, 0.4) is 0 Å². The summed E-state index contributed by atoms with van der Waals surface area (Å²) >= 11 is 3.57. The van der Waals surface area contributed by atoms with Gasteiger partial charge in [0.2, 0.25) is 0 Å². The summed E-state index contributed by atoms with van der Waals surface area (Å²) in [6.45, 7) is 6.41. The molecule has 0 aromatic carbocycles. The van der Waals surface area contributed by atoms with E-state index in [1.165, 1.54) is 6.42 Å². The van der Waals surface area contributed by atoms with Gasteiger partial charge in [-0.25, -0.2) is 0 Å². The molecule has 2 atom stereocenters. The lowest BCUT2D eigenvalue weighted by Crippen LogP contribution is -2.29. The van der Waals surface area contributed by atoms with E-state index in [4.69, 9.17) is 0 Å². The molecule has 0 amide bonds. The molecule has 0 bridgehead atoms. The number of thioether (sulfide) groups is 2. The van der Waals surface area contributed by atoms with Crippen LogP contribution in [0, 0.1) is 0 Å². The second-order valence-electron chi connectivity index (χ2n) is 3.23. The molecule has 0 N–H and O–H groups in total. The number of rotatable bonds is 1. The highest BCUT2D eigenvalue weighted by Gasteiger charge is 2.34. The molecule has 2 unspecified atom stereocenters. The fourth-order valence-corrected chi connectivity index (χ4v) is 5.25. The normalized spacial score (nSPS) is 45.4. The first-order valence-electron chi connectivity index (χ1n) is 3.88. The molecule has 1 nitrogen and oxygen atoms in total. The van der Waals surface area contributed by atoms with Crippen molar-refractivity contribution >= 4 is 29.8 Å². The SMILES string of the molecule is CC1CC(C)SC(C)(C=O)S1. The standard InChI is InChI=1S/C8H14OS2/c1-6-4-7(2)11-8(3,5-9)10-6/h5-7H,4H2,1-3H3. The molecule has 0 spiro atoms. The summed E-state index contributed by atoms with van der Waals surface area (Å²) in [5.74, 6) is 0. The Morgan fingerprint density at radius 3 is 2.18 bits per heavy atom. The summed E-state index contributed by atoms with van der Waals surface area (Å²) in [6.07, 6.45) is 2.30. The van der Waals surface area contributed by atoms with Crippen molar-refractivity contribution < 1.29 is 4.79 Å². The summed E-state index contributed by atoms with van der Waals surface area (Å²) in [5.41, 5.74) is 0. The third-order valence-electron chi connectivity index (χ3n) is 1.75. The van der Waals surface area contributed by atoms with Gasteiger partial charge < -0.3 is 4.79 Å². The summed E-state index contributed by atoms with van der Waals surface area (Å²) in [6, 6.07) is 0. The number of hydrogen-bond acceptors (Lipinski definition) is 3. The van der Waals surface area contributed by atoms with E-state index >= 15 is 0 Å². The highest BCUT2D eigenvalue weighted by Crippen LogP contribution is 2.47. The van der Waals surface area contributed by atoms with Crippen molar-refractivity contribution in [1.29, 1.82) is 0 Å². The Morgan fingerprint density at radius 1 is 1.36 bits per heavy atom. The van der Waals surface area contributed by atoms with E-state index in [1.54, 1.807) is 23.5 Å². The van der Waals surface area contributed by atoms with Crippen molar-refractivity contribution in [1.82, 2.24) is 0 Å². The minimum absolute atomic E-state index is 0.183. The summed E-state index contributed by atoms with van der Waals surface area (Å²) in [4.78, 5) is 10.7. The molecule has 3 heteroatoms. The molecule has 0 aromatic rings. The van der Waals surface area contributed by atoms with Crippen LogP contribution < -0.4 is 0 Å². The van der Waals surface area contributed by atoms with Crippen molar-refractivity contribution in [3.8, 4) is 0 Å². The second-order valence-corrected chi connectivity index (χ2v) is 7.26. The molecule has 0 aromatic heterocycles. The first-order chi connectivity index (χ1) is 5.06. The van der Waals surface area contributed by atoms with Crippen molar-refractivity contribution in [3.63, 3.8) is 0 Å². The molecule has 0 aliphatic carbocycles. The second kappa shape index (κ2) is 3.40. The first-order valence-corrected chi connectivity index (χ1v) is 5.63. The van der Waals surface area contributed by atoms with E-state index in [0.717, 1.165) is 6.29 Å². The van der Waals surface area contributed by atoms with E-state index in [-0.39, 0.29) is 4.08 Å². The highest BCUT2D eigenvalue weighted by molar-refractivity contribution is 8.20. The molecule has 11 heavy (non-hydrogen) atoms. The van der Waals surface area contributed by atoms with E-state index in [1.807, 2.05) is 6.92 Å². The average Bonchev–Trinajstić information content (AvgIpc) is 1.84. The molecular formula is C8H14OS2. The van der Waals surface area contributed by atoms with E-state index in [0.29, 0.717) is 10.5 Å². The zero-order chi connectivity index (χ0) is 8.48. The van der Waals surface area contributed by atoms with Crippen LogP contribution in [-0.2, 0) is 4.79 Å². The smallest absolute Gasteiger partial charge is 0.145 e. The third kappa shape index (κ3) is 2.41. The Morgan fingerprint density at radius 2 is 1.82 bits per heavy atom. The van der Waals surface area contributed by atoms with Gasteiger partial charge in [0, 0.05) is 10.5 Å². The Kier molecular flexibility index (Phi) is 2.92. The summed E-state index contributed by atoms with van der Waals surface area (Å²) < 4.78 is -0.183. The molecule has 1 aliphatic heterocycles. The molecule has 0 radical (unpaired) electrons. The number of carbonyl (C=O) groups is 1. The zero-order valence-corrected chi connectivity index (χ0v) is 8.80. The van der Waals surface area contributed by atoms with E-state index < -0.39 is 0 Å². The maximum atomic E-state index is 10.7. The first kappa shape index (κ1) is 9.46. The van der Waals surface area contributed by atoms with Gasteiger partial charge in [0.15, 0.2) is 0 Å². The zero-order valence-electron chi connectivity index (χ0n) is 7.16. The van der Waals surface area contributed by atoms with Gasteiger partial charge in [0.25, 0.3) is 0 Å². The Balaban J connectivity index is 2.62. The van der Waals surface area contributed by atoms with Crippen molar-refractivity contribution in [2.45, 2.75) is 41.8 Å². The van der Waals surface area contributed by atoms with Gasteiger partial charge in [-0.3, -0.25) is 0 Å². The molecule has 1 heterocycles. The van der Waals surface area contributed by atoms with Gasteiger partial charge in [0.1, 0.15) is 10.4 Å².